The van der Waals surface area contributed by atoms with E-state index in [2.05, 4.69) is 25.3 Å². The SMILES string of the molecule is COCCNC(=O)[C@H]1CCCN(c2ncnc3onc(C)c23)C1. The maximum Gasteiger partial charge on any atom is 0.263 e. The number of aryl methyl sites for hydroxylation is 1. The van der Waals surface area contributed by atoms with Gasteiger partial charge in [0.05, 0.1) is 18.2 Å². The first-order valence-electron chi connectivity index (χ1n) is 7.79. The highest BCUT2D eigenvalue weighted by molar-refractivity contribution is 5.88. The van der Waals surface area contributed by atoms with Crippen molar-refractivity contribution in [3.8, 4) is 0 Å². The van der Waals surface area contributed by atoms with Gasteiger partial charge in [-0.05, 0) is 19.8 Å². The second-order valence-corrected chi connectivity index (χ2v) is 5.71. The molecule has 0 radical (unpaired) electrons. The van der Waals surface area contributed by atoms with Gasteiger partial charge in [0.15, 0.2) is 0 Å². The fraction of sp³-hybridized carbons (Fsp3) is 0.600. The van der Waals surface area contributed by atoms with Crippen LogP contribution in [0.4, 0.5) is 5.82 Å². The zero-order valence-electron chi connectivity index (χ0n) is 13.4. The summed E-state index contributed by atoms with van der Waals surface area (Å²) in [5.74, 6) is 0.813. The number of carbonyl (C=O) groups is 1. The van der Waals surface area contributed by atoms with Gasteiger partial charge in [-0.3, -0.25) is 4.79 Å². The second kappa shape index (κ2) is 6.91. The van der Waals surface area contributed by atoms with Crippen LogP contribution in [0.2, 0.25) is 0 Å². The van der Waals surface area contributed by atoms with Crippen LogP contribution in [0, 0.1) is 12.8 Å². The van der Waals surface area contributed by atoms with Gasteiger partial charge in [0, 0.05) is 26.7 Å². The molecule has 1 fully saturated rings. The molecule has 8 nitrogen and oxygen atoms in total. The molecular weight excluding hydrogens is 298 g/mol. The van der Waals surface area contributed by atoms with E-state index in [4.69, 9.17) is 9.26 Å². The number of methoxy groups -OCH3 is 1. The molecule has 3 rings (SSSR count). The monoisotopic (exact) mass is 319 g/mol. The fourth-order valence-corrected chi connectivity index (χ4v) is 2.95. The van der Waals surface area contributed by atoms with Gasteiger partial charge in [-0.2, -0.15) is 4.98 Å². The summed E-state index contributed by atoms with van der Waals surface area (Å²) in [5, 5.41) is 7.70. The van der Waals surface area contributed by atoms with Gasteiger partial charge in [0.25, 0.3) is 5.71 Å². The van der Waals surface area contributed by atoms with Crippen molar-refractivity contribution < 1.29 is 14.1 Å². The maximum absolute atomic E-state index is 12.3. The summed E-state index contributed by atoms with van der Waals surface area (Å²) in [5.41, 5.74) is 1.25. The van der Waals surface area contributed by atoms with E-state index in [9.17, 15) is 4.79 Å². The number of ether oxygens (including phenoxy) is 1. The van der Waals surface area contributed by atoms with Crippen molar-refractivity contribution >= 4 is 22.8 Å². The van der Waals surface area contributed by atoms with Crippen LogP contribution in [0.3, 0.4) is 0 Å². The maximum atomic E-state index is 12.3. The minimum atomic E-state index is -0.0502. The highest BCUT2D eigenvalue weighted by Gasteiger charge is 2.28. The number of nitrogens with zero attached hydrogens (tertiary/aromatic N) is 4. The number of fused-ring (bicyclic) bond motifs is 1. The molecule has 2 aromatic rings. The van der Waals surface area contributed by atoms with Gasteiger partial charge < -0.3 is 19.5 Å². The number of rotatable bonds is 5. The predicted octanol–water partition coefficient (Wildman–Crippen LogP) is 0.905. The summed E-state index contributed by atoms with van der Waals surface area (Å²) in [7, 11) is 1.62. The molecule has 1 aliphatic heterocycles. The molecule has 0 saturated carbocycles. The van der Waals surface area contributed by atoms with Gasteiger partial charge in [-0.1, -0.05) is 5.16 Å². The lowest BCUT2D eigenvalue weighted by atomic mass is 9.97. The van der Waals surface area contributed by atoms with Crippen LogP contribution in [-0.4, -0.2) is 54.4 Å². The van der Waals surface area contributed by atoms with E-state index >= 15 is 0 Å². The Balaban J connectivity index is 1.75. The van der Waals surface area contributed by atoms with Gasteiger partial charge in [0.1, 0.15) is 17.5 Å². The minimum Gasteiger partial charge on any atom is -0.383 e. The number of amides is 1. The lowest BCUT2D eigenvalue weighted by Gasteiger charge is -2.33. The standard InChI is InChI=1S/C15H21N5O3/c1-10-12-13(17-9-18-15(12)23-19-10)20-6-3-4-11(8-20)14(21)16-5-7-22-2/h9,11H,3-8H2,1-2H3,(H,16,21)/t11-/m0/s1. The van der Waals surface area contributed by atoms with Crippen LogP contribution in [0.25, 0.3) is 11.1 Å². The number of aromatic nitrogens is 3. The number of hydrogen-bond donors (Lipinski definition) is 1. The van der Waals surface area contributed by atoms with Crippen molar-refractivity contribution in [2.75, 3.05) is 38.3 Å². The Morgan fingerprint density at radius 1 is 1.52 bits per heavy atom. The van der Waals surface area contributed by atoms with Crippen LogP contribution in [0.5, 0.6) is 0 Å². The summed E-state index contributed by atoms with van der Waals surface area (Å²) in [4.78, 5) is 22.9. The van der Waals surface area contributed by atoms with Crippen molar-refractivity contribution in [1.82, 2.24) is 20.4 Å². The van der Waals surface area contributed by atoms with E-state index in [0.29, 0.717) is 25.4 Å². The molecule has 0 bridgehead atoms. The summed E-state index contributed by atoms with van der Waals surface area (Å²) in [6, 6.07) is 0. The quantitative estimate of drug-likeness (QED) is 0.818. The molecule has 2 aromatic heterocycles. The summed E-state index contributed by atoms with van der Waals surface area (Å²) in [6.07, 6.45) is 3.30. The Hall–Kier alpha value is -2.22. The van der Waals surface area contributed by atoms with Crippen LogP contribution in [0.1, 0.15) is 18.5 Å². The molecule has 1 aliphatic rings. The van der Waals surface area contributed by atoms with E-state index in [0.717, 1.165) is 36.3 Å². The van der Waals surface area contributed by atoms with Crippen molar-refractivity contribution in [1.29, 1.82) is 0 Å². The average molecular weight is 319 g/mol. The van der Waals surface area contributed by atoms with Gasteiger partial charge in [-0.25, -0.2) is 4.98 Å². The third-order valence-corrected chi connectivity index (χ3v) is 4.12. The molecule has 0 aromatic carbocycles. The normalized spacial score (nSPS) is 18.3. The van der Waals surface area contributed by atoms with E-state index in [1.54, 1.807) is 7.11 Å². The van der Waals surface area contributed by atoms with Gasteiger partial charge in [-0.15, -0.1) is 0 Å². The fourth-order valence-electron chi connectivity index (χ4n) is 2.95. The lowest BCUT2D eigenvalue weighted by molar-refractivity contribution is -0.125. The van der Waals surface area contributed by atoms with Crippen molar-refractivity contribution in [3.05, 3.63) is 12.0 Å². The van der Waals surface area contributed by atoms with Crippen molar-refractivity contribution in [2.24, 2.45) is 5.92 Å². The molecule has 0 aliphatic carbocycles. The topological polar surface area (TPSA) is 93.4 Å². The second-order valence-electron chi connectivity index (χ2n) is 5.71. The number of carbonyl (C=O) groups excluding carboxylic acids is 1. The molecule has 0 spiro atoms. The molecule has 124 valence electrons. The van der Waals surface area contributed by atoms with Gasteiger partial charge in [0.2, 0.25) is 5.91 Å². The Bertz CT molecular complexity index is 687. The molecule has 23 heavy (non-hydrogen) atoms. The Labute approximate surface area is 134 Å². The Kier molecular flexibility index (Phi) is 4.71. The number of hydrogen-bond acceptors (Lipinski definition) is 7. The third-order valence-electron chi connectivity index (χ3n) is 4.12. The number of nitrogens with one attached hydrogen (secondary N) is 1. The smallest absolute Gasteiger partial charge is 0.263 e. The zero-order chi connectivity index (χ0) is 16.2. The van der Waals surface area contributed by atoms with Crippen LogP contribution in [0.15, 0.2) is 10.9 Å². The van der Waals surface area contributed by atoms with Crippen LogP contribution >= 0.6 is 0 Å². The summed E-state index contributed by atoms with van der Waals surface area (Å²) >= 11 is 0. The largest absolute Gasteiger partial charge is 0.383 e. The lowest BCUT2D eigenvalue weighted by Crippen LogP contribution is -2.44. The first-order chi connectivity index (χ1) is 11.2. The van der Waals surface area contributed by atoms with E-state index in [-0.39, 0.29) is 11.8 Å². The molecule has 1 N–H and O–H groups in total. The molecule has 8 heteroatoms. The molecule has 1 amide bonds. The zero-order valence-corrected chi connectivity index (χ0v) is 13.4. The van der Waals surface area contributed by atoms with Gasteiger partial charge >= 0.3 is 0 Å². The predicted molar refractivity (Wildman–Crippen MR) is 84.2 cm³/mol. The van der Waals surface area contributed by atoms with E-state index in [1.165, 1.54) is 6.33 Å². The van der Waals surface area contributed by atoms with Crippen molar-refractivity contribution in [3.63, 3.8) is 0 Å². The summed E-state index contributed by atoms with van der Waals surface area (Å²) in [6.45, 7) is 4.43. The molecular formula is C15H21N5O3. The van der Waals surface area contributed by atoms with Crippen molar-refractivity contribution in [2.45, 2.75) is 19.8 Å². The summed E-state index contributed by atoms with van der Waals surface area (Å²) < 4.78 is 10.2. The Morgan fingerprint density at radius 3 is 3.22 bits per heavy atom. The van der Waals surface area contributed by atoms with E-state index in [1.807, 2.05) is 6.92 Å². The molecule has 3 heterocycles. The number of piperidine rings is 1. The van der Waals surface area contributed by atoms with Crippen LogP contribution < -0.4 is 10.2 Å². The number of anilines is 1. The molecule has 1 saturated heterocycles. The highest BCUT2D eigenvalue weighted by atomic mass is 16.5. The van der Waals surface area contributed by atoms with Crippen LogP contribution in [-0.2, 0) is 9.53 Å². The van der Waals surface area contributed by atoms with E-state index < -0.39 is 0 Å². The average Bonchev–Trinajstić information content (AvgIpc) is 2.97. The first kappa shape index (κ1) is 15.7. The minimum absolute atomic E-state index is 0.0502. The molecule has 0 unspecified atom stereocenters. The molecule has 1 atom stereocenters. The first-order valence-corrected chi connectivity index (χ1v) is 7.79. The highest BCUT2D eigenvalue weighted by Crippen LogP contribution is 2.29. The third kappa shape index (κ3) is 3.26. The Morgan fingerprint density at radius 2 is 2.39 bits per heavy atom.